The van der Waals surface area contributed by atoms with Crippen LogP contribution >= 0.6 is 0 Å². The van der Waals surface area contributed by atoms with E-state index >= 15 is 0 Å². The van der Waals surface area contributed by atoms with E-state index in [9.17, 15) is 4.79 Å². The second-order valence-corrected chi connectivity index (χ2v) is 4.61. The Kier molecular flexibility index (Phi) is 4.47. The van der Waals surface area contributed by atoms with Gasteiger partial charge in [0.05, 0.1) is 26.3 Å². The zero-order valence-corrected chi connectivity index (χ0v) is 12.5. The minimum atomic E-state index is -0.147. The Labute approximate surface area is 123 Å². The van der Waals surface area contributed by atoms with Gasteiger partial charge in [-0.25, -0.2) is 0 Å². The molecule has 0 unspecified atom stereocenters. The molecular formula is C15H17N3O3. The number of hydrogen-bond acceptors (Lipinski definition) is 6. The molecule has 0 amide bonds. The fourth-order valence-corrected chi connectivity index (χ4v) is 2.07. The van der Waals surface area contributed by atoms with Gasteiger partial charge >= 0.3 is 0 Å². The number of Topliss-reactive ketones (excluding diaryl/α,β-unsaturated/α-hetero) is 1. The third-order valence-electron chi connectivity index (χ3n) is 3.21. The molecule has 0 aliphatic carbocycles. The smallest absolute Gasteiger partial charge is 0.233 e. The SMILES string of the molecule is COc1ccc(C(=O)Cc2ncc(C)c(OC)c2C)nn1. The molecule has 6 heteroatoms. The lowest BCUT2D eigenvalue weighted by molar-refractivity contribution is 0.0985. The molecule has 2 heterocycles. The molecule has 0 aliphatic heterocycles. The third kappa shape index (κ3) is 3.16. The lowest BCUT2D eigenvalue weighted by Crippen LogP contribution is -2.10. The van der Waals surface area contributed by atoms with Crippen LogP contribution in [0, 0.1) is 13.8 Å². The van der Waals surface area contributed by atoms with Crippen LogP contribution in [0.15, 0.2) is 18.3 Å². The molecule has 0 radical (unpaired) electrons. The van der Waals surface area contributed by atoms with Gasteiger partial charge in [-0.15, -0.1) is 10.2 Å². The normalized spacial score (nSPS) is 10.3. The molecule has 2 rings (SSSR count). The Morgan fingerprint density at radius 1 is 1.14 bits per heavy atom. The molecule has 0 saturated heterocycles. The number of aryl methyl sites for hydroxylation is 1. The number of aromatic nitrogens is 3. The van der Waals surface area contributed by atoms with Gasteiger partial charge in [0.2, 0.25) is 5.88 Å². The molecule has 110 valence electrons. The van der Waals surface area contributed by atoms with E-state index in [4.69, 9.17) is 9.47 Å². The molecule has 6 nitrogen and oxygen atoms in total. The van der Waals surface area contributed by atoms with E-state index in [0.29, 0.717) is 11.6 Å². The number of carbonyl (C=O) groups is 1. The number of rotatable bonds is 5. The first-order valence-corrected chi connectivity index (χ1v) is 6.46. The zero-order valence-electron chi connectivity index (χ0n) is 12.5. The molecule has 0 N–H and O–H groups in total. The Morgan fingerprint density at radius 3 is 2.48 bits per heavy atom. The highest BCUT2D eigenvalue weighted by molar-refractivity contribution is 5.95. The first kappa shape index (κ1) is 14.9. The molecule has 2 aromatic rings. The Balaban J connectivity index is 2.23. The van der Waals surface area contributed by atoms with Crippen molar-refractivity contribution in [3.8, 4) is 11.6 Å². The average Bonchev–Trinajstić information content (AvgIpc) is 2.50. The quantitative estimate of drug-likeness (QED) is 0.782. The van der Waals surface area contributed by atoms with Gasteiger partial charge in [0, 0.05) is 23.4 Å². The van der Waals surface area contributed by atoms with E-state index in [2.05, 4.69) is 15.2 Å². The van der Waals surface area contributed by atoms with Gasteiger partial charge in [-0.3, -0.25) is 9.78 Å². The predicted octanol–water partition coefficient (Wildman–Crippen LogP) is 1.93. The minimum Gasteiger partial charge on any atom is -0.496 e. The Morgan fingerprint density at radius 2 is 1.90 bits per heavy atom. The fraction of sp³-hybridized carbons (Fsp3) is 0.333. The molecule has 2 aromatic heterocycles. The molecule has 0 bridgehead atoms. The molecular weight excluding hydrogens is 270 g/mol. The average molecular weight is 287 g/mol. The highest BCUT2D eigenvalue weighted by Gasteiger charge is 2.15. The number of hydrogen-bond donors (Lipinski definition) is 0. The number of nitrogens with zero attached hydrogens (tertiary/aromatic N) is 3. The Hall–Kier alpha value is -2.50. The maximum Gasteiger partial charge on any atom is 0.233 e. The molecule has 0 aliphatic rings. The van der Waals surface area contributed by atoms with E-state index in [0.717, 1.165) is 16.9 Å². The van der Waals surface area contributed by atoms with Gasteiger partial charge in [0.25, 0.3) is 0 Å². The summed E-state index contributed by atoms with van der Waals surface area (Å²) in [6.07, 6.45) is 1.86. The molecule has 0 atom stereocenters. The summed E-state index contributed by atoms with van der Waals surface area (Å²) >= 11 is 0. The maximum absolute atomic E-state index is 12.2. The van der Waals surface area contributed by atoms with E-state index in [1.54, 1.807) is 25.4 Å². The number of carbonyl (C=O) groups excluding carboxylic acids is 1. The predicted molar refractivity (Wildman–Crippen MR) is 76.9 cm³/mol. The van der Waals surface area contributed by atoms with E-state index in [1.165, 1.54) is 7.11 Å². The van der Waals surface area contributed by atoms with Crippen molar-refractivity contribution in [3.63, 3.8) is 0 Å². The van der Waals surface area contributed by atoms with Crippen LogP contribution in [0.1, 0.15) is 27.3 Å². The van der Waals surface area contributed by atoms with E-state index in [-0.39, 0.29) is 17.9 Å². The molecule has 0 spiro atoms. The monoisotopic (exact) mass is 287 g/mol. The van der Waals surface area contributed by atoms with Crippen LogP contribution in [-0.4, -0.2) is 35.2 Å². The standard InChI is InChI=1S/C15H17N3O3/c1-9-8-16-12(10(2)15(9)21-4)7-13(19)11-5-6-14(20-3)18-17-11/h5-6,8H,7H2,1-4H3. The second-order valence-electron chi connectivity index (χ2n) is 4.61. The van der Waals surface area contributed by atoms with E-state index in [1.807, 2.05) is 13.8 Å². The summed E-state index contributed by atoms with van der Waals surface area (Å²) in [6, 6.07) is 3.20. The summed E-state index contributed by atoms with van der Waals surface area (Å²) in [5.41, 5.74) is 2.78. The van der Waals surface area contributed by atoms with Crippen molar-refractivity contribution < 1.29 is 14.3 Å². The van der Waals surface area contributed by atoms with Crippen molar-refractivity contribution in [2.75, 3.05) is 14.2 Å². The largest absolute Gasteiger partial charge is 0.496 e. The summed E-state index contributed by atoms with van der Waals surface area (Å²) in [5.74, 6) is 0.984. The highest BCUT2D eigenvalue weighted by atomic mass is 16.5. The van der Waals surface area contributed by atoms with Crippen LogP contribution in [-0.2, 0) is 6.42 Å². The van der Waals surface area contributed by atoms with Crippen molar-refractivity contribution in [3.05, 3.63) is 40.8 Å². The van der Waals surface area contributed by atoms with Crippen molar-refractivity contribution in [1.82, 2.24) is 15.2 Å². The van der Waals surface area contributed by atoms with Gasteiger partial charge in [-0.2, -0.15) is 0 Å². The first-order valence-electron chi connectivity index (χ1n) is 6.46. The summed E-state index contributed by atoms with van der Waals surface area (Å²) in [7, 11) is 3.10. The summed E-state index contributed by atoms with van der Waals surface area (Å²) in [5, 5.41) is 7.64. The van der Waals surface area contributed by atoms with Crippen LogP contribution < -0.4 is 9.47 Å². The van der Waals surface area contributed by atoms with Crippen molar-refractivity contribution in [1.29, 1.82) is 0 Å². The summed E-state index contributed by atoms with van der Waals surface area (Å²) in [4.78, 5) is 16.5. The van der Waals surface area contributed by atoms with Gasteiger partial charge in [0.1, 0.15) is 11.4 Å². The van der Waals surface area contributed by atoms with Gasteiger partial charge in [-0.1, -0.05) is 0 Å². The topological polar surface area (TPSA) is 74.2 Å². The van der Waals surface area contributed by atoms with Crippen molar-refractivity contribution in [2.24, 2.45) is 0 Å². The molecule has 21 heavy (non-hydrogen) atoms. The van der Waals surface area contributed by atoms with Crippen molar-refractivity contribution >= 4 is 5.78 Å². The molecule has 0 aromatic carbocycles. The minimum absolute atomic E-state index is 0.147. The molecule has 0 fully saturated rings. The lowest BCUT2D eigenvalue weighted by atomic mass is 10.1. The van der Waals surface area contributed by atoms with Gasteiger partial charge < -0.3 is 9.47 Å². The van der Waals surface area contributed by atoms with Gasteiger partial charge in [0.15, 0.2) is 5.78 Å². The van der Waals surface area contributed by atoms with E-state index < -0.39 is 0 Å². The number of methoxy groups -OCH3 is 2. The summed E-state index contributed by atoms with van der Waals surface area (Å²) < 4.78 is 10.3. The number of ether oxygens (including phenoxy) is 2. The van der Waals surface area contributed by atoms with Crippen LogP contribution in [0.4, 0.5) is 0 Å². The van der Waals surface area contributed by atoms with Gasteiger partial charge in [-0.05, 0) is 19.9 Å². The van der Waals surface area contributed by atoms with Crippen LogP contribution in [0.5, 0.6) is 11.6 Å². The zero-order chi connectivity index (χ0) is 15.4. The number of pyridine rings is 1. The van der Waals surface area contributed by atoms with Crippen LogP contribution in [0.25, 0.3) is 0 Å². The van der Waals surface area contributed by atoms with Crippen LogP contribution in [0.3, 0.4) is 0 Å². The lowest BCUT2D eigenvalue weighted by Gasteiger charge is -2.11. The van der Waals surface area contributed by atoms with Crippen molar-refractivity contribution in [2.45, 2.75) is 20.3 Å². The maximum atomic E-state index is 12.2. The highest BCUT2D eigenvalue weighted by Crippen LogP contribution is 2.24. The second kappa shape index (κ2) is 6.30. The molecule has 0 saturated carbocycles. The fourth-order valence-electron chi connectivity index (χ4n) is 2.07. The Bertz CT molecular complexity index is 654. The third-order valence-corrected chi connectivity index (χ3v) is 3.21. The van der Waals surface area contributed by atoms with Crippen LogP contribution in [0.2, 0.25) is 0 Å². The summed E-state index contributed by atoms with van der Waals surface area (Å²) in [6.45, 7) is 3.81. The number of ketones is 1. The first-order chi connectivity index (χ1) is 10.1.